The lowest BCUT2D eigenvalue weighted by Crippen LogP contribution is -2.56. The third-order valence-electron chi connectivity index (χ3n) is 6.58. The molecule has 1 saturated carbocycles. The number of benzene rings is 1. The molecular weight excluding hydrogens is 442 g/mol. The Bertz CT molecular complexity index is 862. The number of carbonyl (C=O) groups excluding carboxylic acids is 3. The van der Waals surface area contributed by atoms with Crippen LogP contribution in [0.25, 0.3) is 0 Å². The Labute approximate surface area is 211 Å². The van der Waals surface area contributed by atoms with Crippen LogP contribution in [0.2, 0.25) is 0 Å². The predicted octanol–water partition coefficient (Wildman–Crippen LogP) is 5.13. The number of ether oxygens (including phenoxy) is 1. The molecule has 7 nitrogen and oxygen atoms in total. The van der Waals surface area contributed by atoms with Crippen LogP contribution in [0.5, 0.6) is 0 Å². The standard InChI is InChI=1S/C28H45N3O4/c1-9-11-16-29-25(32)24(21-14-12-18(3)13-15-21)31(22-17-20(22)5)26(33)23(19(4)10-2)30-27(34)35-28(6,7)8/h12-15,19-20,22-24H,9-11,16-17H2,1-8H3,(H,29,32)(H,30,34). The van der Waals surface area contributed by atoms with Crippen molar-refractivity contribution < 1.29 is 19.1 Å². The topological polar surface area (TPSA) is 87.7 Å². The van der Waals surface area contributed by atoms with Gasteiger partial charge in [-0.05, 0) is 57.9 Å². The number of nitrogens with zero attached hydrogens (tertiary/aromatic N) is 1. The molecule has 196 valence electrons. The molecule has 0 aromatic heterocycles. The quantitative estimate of drug-likeness (QED) is 0.424. The Balaban J connectivity index is 2.46. The van der Waals surface area contributed by atoms with Gasteiger partial charge in [0.25, 0.3) is 0 Å². The molecule has 1 aliphatic carbocycles. The van der Waals surface area contributed by atoms with E-state index >= 15 is 0 Å². The average Bonchev–Trinajstić information content (AvgIpc) is 3.50. The molecule has 0 radical (unpaired) electrons. The fraction of sp³-hybridized carbons (Fsp3) is 0.679. The maximum atomic E-state index is 14.2. The van der Waals surface area contributed by atoms with E-state index in [9.17, 15) is 14.4 Å². The molecule has 3 amide bonds. The van der Waals surface area contributed by atoms with Gasteiger partial charge in [0, 0.05) is 12.6 Å². The summed E-state index contributed by atoms with van der Waals surface area (Å²) in [5.74, 6) is -0.270. The van der Waals surface area contributed by atoms with E-state index in [0.29, 0.717) is 13.0 Å². The van der Waals surface area contributed by atoms with Crippen molar-refractivity contribution >= 4 is 17.9 Å². The molecule has 2 N–H and O–H groups in total. The van der Waals surface area contributed by atoms with Crippen LogP contribution < -0.4 is 10.6 Å². The van der Waals surface area contributed by atoms with Crippen LogP contribution >= 0.6 is 0 Å². The first-order chi connectivity index (χ1) is 16.4. The molecule has 1 fully saturated rings. The first-order valence-corrected chi connectivity index (χ1v) is 13.1. The molecule has 0 heterocycles. The summed E-state index contributed by atoms with van der Waals surface area (Å²) >= 11 is 0. The molecule has 5 unspecified atom stereocenters. The van der Waals surface area contributed by atoms with Gasteiger partial charge in [-0.25, -0.2) is 4.79 Å². The molecule has 1 aliphatic rings. The molecule has 5 atom stereocenters. The highest BCUT2D eigenvalue weighted by molar-refractivity contribution is 5.92. The van der Waals surface area contributed by atoms with Crippen LogP contribution in [-0.2, 0) is 14.3 Å². The van der Waals surface area contributed by atoms with Crippen LogP contribution in [0.1, 0.15) is 91.3 Å². The van der Waals surface area contributed by atoms with Crippen LogP contribution in [-0.4, -0.2) is 47.0 Å². The zero-order chi connectivity index (χ0) is 26.3. The minimum absolute atomic E-state index is 0.0577. The molecule has 0 spiro atoms. The minimum Gasteiger partial charge on any atom is -0.444 e. The molecule has 1 aromatic carbocycles. The van der Waals surface area contributed by atoms with Crippen molar-refractivity contribution in [1.29, 1.82) is 0 Å². The van der Waals surface area contributed by atoms with Crippen molar-refractivity contribution in [2.45, 2.75) is 105 Å². The molecule has 2 rings (SSSR count). The highest BCUT2D eigenvalue weighted by atomic mass is 16.6. The smallest absolute Gasteiger partial charge is 0.408 e. The van der Waals surface area contributed by atoms with Gasteiger partial charge in [-0.3, -0.25) is 9.59 Å². The Kier molecular flexibility index (Phi) is 10.2. The van der Waals surface area contributed by atoms with Crippen LogP contribution in [0.15, 0.2) is 24.3 Å². The predicted molar refractivity (Wildman–Crippen MR) is 139 cm³/mol. The van der Waals surface area contributed by atoms with E-state index in [1.165, 1.54) is 0 Å². The second-order valence-corrected chi connectivity index (χ2v) is 11.0. The van der Waals surface area contributed by atoms with Crippen LogP contribution in [0.4, 0.5) is 4.79 Å². The summed E-state index contributed by atoms with van der Waals surface area (Å²) in [4.78, 5) is 42.1. The van der Waals surface area contributed by atoms with Gasteiger partial charge in [0.15, 0.2) is 0 Å². The van der Waals surface area contributed by atoms with Gasteiger partial charge in [0.2, 0.25) is 11.8 Å². The summed E-state index contributed by atoms with van der Waals surface area (Å²) in [6.45, 7) is 16.0. The Morgan fingerprint density at radius 2 is 1.74 bits per heavy atom. The maximum absolute atomic E-state index is 14.2. The summed E-state index contributed by atoms with van der Waals surface area (Å²) < 4.78 is 5.46. The van der Waals surface area contributed by atoms with E-state index in [4.69, 9.17) is 4.74 Å². The van der Waals surface area contributed by atoms with Gasteiger partial charge in [-0.1, -0.05) is 70.4 Å². The van der Waals surface area contributed by atoms with E-state index in [-0.39, 0.29) is 29.7 Å². The third kappa shape index (κ3) is 8.25. The van der Waals surface area contributed by atoms with Gasteiger partial charge < -0.3 is 20.3 Å². The van der Waals surface area contributed by atoms with Crippen molar-refractivity contribution in [3.63, 3.8) is 0 Å². The first kappa shape index (κ1) is 28.7. The monoisotopic (exact) mass is 487 g/mol. The van der Waals surface area contributed by atoms with E-state index in [2.05, 4.69) is 24.5 Å². The molecule has 1 aromatic rings. The van der Waals surface area contributed by atoms with E-state index in [0.717, 1.165) is 30.4 Å². The molecule has 35 heavy (non-hydrogen) atoms. The number of alkyl carbamates (subject to hydrolysis) is 1. The Morgan fingerprint density at radius 1 is 1.14 bits per heavy atom. The highest BCUT2D eigenvalue weighted by Gasteiger charge is 2.48. The van der Waals surface area contributed by atoms with Gasteiger partial charge >= 0.3 is 6.09 Å². The normalized spacial score (nSPS) is 19.8. The Hall–Kier alpha value is -2.57. The highest BCUT2D eigenvalue weighted by Crippen LogP contribution is 2.41. The van der Waals surface area contributed by atoms with Crippen LogP contribution in [0.3, 0.4) is 0 Å². The van der Waals surface area contributed by atoms with E-state index in [1.807, 2.05) is 45.0 Å². The lowest BCUT2D eigenvalue weighted by molar-refractivity contribution is -0.144. The number of amides is 3. The molecule has 0 saturated heterocycles. The van der Waals surface area contributed by atoms with Crippen LogP contribution in [0, 0.1) is 18.8 Å². The number of carbonyl (C=O) groups is 3. The van der Waals surface area contributed by atoms with Gasteiger partial charge in [0.1, 0.15) is 17.7 Å². The van der Waals surface area contributed by atoms with Crippen molar-refractivity contribution in [2.75, 3.05) is 6.54 Å². The lowest BCUT2D eigenvalue weighted by atomic mass is 9.95. The lowest BCUT2D eigenvalue weighted by Gasteiger charge is -2.36. The second kappa shape index (κ2) is 12.4. The van der Waals surface area contributed by atoms with Gasteiger partial charge in [-0.15, -0.1) is 0 Å². The first-order valence-electron chi connectivity index (χ1n) is 13.1. The number of rotatable bonds is 11. The van der Waals surface area contributed by atoms with Gasteiger partial charge in [-0.2, -0.15) is 0 Å². The fourth-order valence-corrected chi connectivity index (χ4v) is 4.12. The fourth-order valence-electron chi connectivity index (χ4n) is 4.12. The average molecular weight is 488 g/mol. The summed E-state index contributed by atoms with van der Waals surface area (Å²) in [6.07, 6.45) is 2.73. The molecule has 0 bridgehead atoms. The maximum Gasteiger partial charge on any atom is 0.408 e. The summed E-state index contributed by atoms with van der Waals surface area (Å²) in [5, 5.41) is 5.86. The Morgan fingerprint density at radius 3 is 2.23 bits per heavy atom. The molecule has 7 heteroatoms. The number of unbranched alkanes of at least 4 members (excludes halogenated alkanes) is 1. The second-order valence-electron chi connectivity index (χ2n) is 11.0. The van der Waals surface area contributed by atoms with E-state index < -0.39 is 23.8 Å². The number of nitrogens with one attached hydrogen (secondary N) is 2. The zero-order valence-electron chi connectivity index (χ0n) is 22.8. The summed E-state index contributed by atoms with van der Waals surface area (Å²) in [5.41, 5.74) is 1.18. The molecular formula is C28H45N3O4. The van der Waals surface area contributed by atoms with Crippen molar-refractivity contribution in [3.8, 4) is 0 Å². The van der Waals surface area contributed by atoms with Gasteiger partial charge in [0.05, 0.1) is 0 Å². The summed E-state index contributed by atoms with van der Waals surface area (Å²) in [6, 6.07) is 6.16. The number of hydrogen-bond donors (Lipinski definition) is 2. The minimum atomic E-state index is -0.793. The number of aryl methyl sites for hydroxylation is 1. The number of hydrogen-bond acceptors (Lipinski definition) is 4. The SMILES string of the molecule is CCCCNC(=O)C(c1ccc(C)cc1)N(C(=O)C(NC(=O)OC(C)(C)C)C(C)CC)C1CC1C. The van der Waals surface area contributed by atoms with Crippen molar-refractivity contribution in [1.82, 2.24) is 15.5 Å². The zero-order valence-corrected chi connectivity index (χ0v) is 22.8. The summed E-state index contributed by atoms with van der Waals surface area (Å²) in [7, 11) is 0. The van der Waals surface area contributed by atoms with Crippen molar-refractivity contribution in [2.24, 2.45) is 11.8 Å². The molecule has 0 aliphatic heterocycles. The largest absolute Gasteiger partial charge is 0.444 e. The third-order valence-corrected chi connectivity index (χ3v) is 6.58. The van der Waals surface area contributed by atoms with E-state index in [1.54, 1.807) is 25.7 Å². The van der Waals surface area contributed by atoms with Crippen molar-refractivity contribution in [3.05, 3.63) is 35.4 Å².